The Balaban J connectivity index is 1.67. The molecule has 1 aliphatic carbocycles. The summed E-state index contributed by atoms with van der Waals surface area (Å²) in [6.45, 7) is 4.96. The molecule has 2 aliphatic rings. The maximum atomic E-state index is 13.2. The summed E-state index contributed by atoms with van der Waals surface area (Å²) in [5.74, 6) is 0.892. The Labute approximate surface area is 168 Å². The number of amides is 2. The molecule has 0 bridgehead atoms. The zero-order chi connectivity index (χ0) is 20.0. The van der Waals surface area contributed by atoms with E-state index in [1.54, 1.807) is 4.90 Å². The quantitative estimate of drug-likeness (QED) is 0.797. The third kappa shape index (κ3) is 4.86. The average Bonchev–Trinajstić information content (AvgIpc) is 2.95. The van der Waals surface area contributed by atoms with Crippen molar-refractivity contribution in [1.82, 2.24) is 10.2 Å². The minimum Gasteiger partial charge on any atom is -0.494 e. The van der Waals surface area contributed by atoms with Gasteiger partial charge in [-0.3, -0.25) is 9.59 Å². The van der Waals surface area contributed by atoms with E-state index in [1.807, 2.05) is 38.1 Å². The molecule has 1 aliphatic heterocycles. The fourth-order valence-electron chi connectivity index (χ4n) is 4.38. The van der Waals surface area contributed by atoms with Gasteiger partial charge in [0.25, 0.3) is 0 Å². The van der Waals surface area contributed by atoms with Crippen molar-refractivity contribution in [3.63, 3.8) is 0 Å². The van der Waals surface area contributed by atoms with E-state index < -0.39 is 5.54 Å². The first-order valence-electron chi connectivity index (χ1n) is 10.9. The fraction of sp³-hybridized carbons (Fsp3) is 0.652. The molecule has 154 valence electrons. The van der Waals surface area contributed by atoms with Gasteiger partial charge >= 0.3 is 0 Å². The van der Waals surface area contributed by atoms with Crippen LogP contribution in [0.1, 0.15) is 77.2 Å². The van der Waals surface area contributed by atoms with E-state index in [1.165, 1.54) is 32.1 Å². The highest BCUT2D eigenvalue weighted by Gasteiger charge is 2.47. The number of carbonyl (C=O) groups is 2. The Hall–Kier alpha value is -2.04. The van der Waals surface area contributed by atoms with Crippen LogP contribution in [0.5, 0.6) is 5.75 Å². The highest BCUT2D eigenvalue weighted by Crippen LogP contribution is 2.33. The highest BCUT2D eigenvalue weighted by atomic mass is 16.5. The molecule has 0 spiro atoms. The van der Waals surface area contributed by atoms with E-state index in [0.717, 1.165) is 24.2 Å². The number of likely N-dealkylation sites (tertiary alicyclic amines) is 1. The van der Waals surface area contributed by atoms with E-state index in [2.05, 4.69) is 5.32 Å². The van der Waals surface area contributed by atoms with Gasteiger partial charge in [-0.15, -0.1) is 0 Å². The third-order valence-electron chi connectivity index (χ3n) is 6.23. The summed E-state index contributed by atoms with van der Waals surface area (Å²) in [6.07, 6.45) is 9.30. The van der Waals surface area contributed by atoms with Crippen molar-refractivity contribution >= 4 is 11.8 Å². The summed E-state index contributed by atoms with van der Waals surface area (Å²) in [4.78, 5) is 27.5. The van der Waals surface area contributed by atoms with Crippen LogP contribution in [0, 0.1) is 0 Å². The van der Waals surface area contributed by atoms with Gasteiger partial charge in [-0.05, 0) is 50.8 Å². The smallest absolute Gasteiger partial charge is 0.245 e. The summed E-state index contributed by atoms with van der Waals surface area (Å²) < 4.78 is 5.49. The minimum absolute atomic E-state index is 0.00913. The summed E-state index contributed by atoms with van der Waals surface area (Å²) in [5.41, 5.74) is 0.251. The summed E-state index contributed by atoms with van der Waals surface area (Å²) >= 11 is 0. The van der Waals surface area contributed by atoms with E-state index in [4.69, 9.17) is 4.74 Å². The molecule has 1 saturated heterocycles. The molecule has 28 heavy (non-hydrogen) atoms. The Kier molecular flexibility index (Phi) is 6.97. The molecule has 0 aromatic heterocycles. The second-order valence-electron chi connectivity index (χ2n) is 8.35. The second-order valence-corrected chi connectivity index (χ2v) is 8.35. The van der Waals surface area contributed by atoms with Crippen LogP contribution in [0.3, 0.4) is 0 Å². The van der Waals surface area contributed by atoms with Crippen LogP contribution in [0.2, 0.25) is 0 Å². The number of hydrogen-bond acceptors (Lipinski definition) is 3. The topological polar surface area (TPSA) is 58.6 Å². The Bertz CT molecular complexity index is 665. The normalized spacial score (nSPS) is 23.9. The molecule has 3 rings (SSSR count). The Morgan fingerprint density at radius 1 is 1.14 bits per heavy atom. The van der Waals surface area contributed by atoms with Gasteiger partial charge in [0, 0.05) is 19.0 Å². The molecule has 2 fully saturated rings. The lowest BCUT2D eigenvalue weighted by Gasteiger charge is -2.35. The van der Waals surface area contributed by atoms with Gasteiger partial charge in [-0.1, -0.05) is 44.2 Å². The van der Waals surface area contributed by atoms with Gasteiger partial charge in [0.15, 0.2) is 0 Å². The lowest BCUT2D eigenvalue weighted by Crippen LogP contribution is -2.56. The maximum absolute atomic E-state index is 13.2. The summed E-state index contributed by atoms with van der Waals surface area (Å²) in [7, 11) is 0. The van der Waals surface area contributed by atoms with Gasteiger partial charge in [0.05, 0.1) is 6.61 Å². The number of carbonyl (C=O) groups excluding carboxylic acids is 2. The third-order valence-corrected chi connectivity index (χ3v) is 6.23. The monoisotopic (exact) mass is 386 g/mol. The number of ether oxygens (including phenoxy) is 1. The molecule has 0 radical (unpaired) electrons. The van der Waals surface area contributed by atoms with Crippen LogP contribution in [0.15, 0.2) is 24.3 Å². The molecule has 1 aromatic carbocycles. The first-order valence-corrected chi connectivity index (χ1v) is 10.9. The molecule has 5 heteroatoms. The lowest BCUT2D eigenvalue weighted by atomic mass is 9.93. The Morgan fingerprint density at radius 3 is 2.43 bits per heavy atom. The molecule has 1 N–H and O–H groups in total. The standard InChI is InChI=1S/C23H34N2O3/c1-3-28-20-13-11-18(12-14-20)17-25-21(26)15-16-23(25,2)22(27)24-19-9-7-5-4-6-8-10-19/h11-14,19H,3-10,15-17H2,1-2H3,(H,24,27)/t23-/m1/s1. The molecule has 5 nitrogen and oxygen atoms in total. The molecule has 0 unspecified atom stereocenters. The first-order chi connectivity index (χ1) is 13.5. The van der Waals surface area contributed by atoms with Crippen molar-refractivity contribution < 1.29 is 14.3 Å². The first kappa shape index (κ1) is 20.7. The molecule has 1 aromatic rings. The van der Waals surface area contributed by atoms with E-state index in [-0.39, 0.29) is 17.9 Å². The van der Waals surface area contributed by atoms with Crippen molar-refractivity contribution in [2.24, 2.45) is 0 Å². The van der Waals surface area contributed by atoms with Gasteiger partial charge < -0.3 is 15.0 Å². The minimum atomic E-state index is -0.766. The number of nitrogens with one attached hydrogen (secondary N) is 1. The van der Waals surface area contributed by atoms with Crippen LogP contribution >= 0.6 is 0 Å². The van der Waals surface area contributed by atoms with Gasteiger partial charge in [-0.2, -0.15) is 0 Å². The van der Waals surface area contributed by atoms with Crippen LogP contribution in [0.25, 0.3) is 0 Å². The SMILES string of the molecule is CCOc1ccc(CN2C(=O)CC[C@]2(C)C(=O)NC2CCCCCCC2)cc1. The molecule has 1 atom stereocenters. The molecular weight excluding hydrogens is 352 g/mol. The molecule has 1 saturated carbocycles. The lowest BCUT2D eigenvalue weighted by molar-refractivity contribution is -0.141. The van der Waals surface area contributed by atoms with Gasteiger partial charge in [0.2, 0.25) is 11.8 Å². The predicted octanol–water partition coefficient (Wildman–Crippen LogP) is 4.20. The zero-order valence-corrected chi connectivity index (χ0v) is 17.3. The van der Waals surface area contributed by atoms with E-state index in [9.17, 15) is 9.59 Å². The predicted molar refractivity (Wildman–Crippen MR) is 110 cm³/mol. The number of hydrogen-bond donors (Lipinski definition) is 1. The Morgan fingerprint density at radius 2 is 1.79 bits per heavy atom. The summed E-state index contributed by atoms with van der Waals surface area (Å²) in [5, 5.41) is 3.28. The molecular formula is C23H34N2O3. The second kappa shape index (κ2) is 9.44. The largest absolute Gasteiger partial charge is 0.494 e. The van der Waals surface area contributed by atoms with Gasteiger partial charge in [0.1, 0.15) is 11.3 Å². The van der Waals surface area contributed by atoms with Crippen LogP contribution in [-0.2, 0) is 16.1 Å². The number of rotatable bonds is 6. The van der Waals surface area contributed by atoms with Gasteiger partial charge in [-0.25, -0.2) is 0 Å². The van der Waals surface area contributed by atoms with E-state index in [0.29, 0.717) is 26.0 Å². The van der Waals surface area contributed by atoms with Crippen molar-refractivity contribution in [2.45, 2.75) is 89.8 Å². The van der Waals surface area contributed by atoms with E-state index >= 15 is 0 Å². The average molecular weight is 387 g/mol. The fourth-order valence-corrected chi connectivity index (χ4v) is 4.38. The molecule has 2 amide bonds. The maximum Gasteiger partial charge on any atom is 0.245 e. The number of benzene rings is 1. The van der Waals surface area contributed by atoms with Crippen molar-refractivity contribution in [3.8, 4) is 5.75 Å². The van der Waals surface area contributed by atoms with Crippen molar-refractivity contribution in [3.05, 3.63) is 29.8 Å². The van der Waals surface area contributed by atoms with Crippen LogP contribution in [0.4, 0.5) is 0 Å². The zero-order valence-electron chi connectivity index (χ0n) is 17.3. The van der Waals surface area contributed by atoms with Crippen LogP contribution in [-0.4, -0.2) is 34.9 Å². The number of nitrogens with zero attached hydrogens (tertiary/aromatic N) is 1. The summed E-state index contributed by atoms with van der Waals surface area (Å²) in [6, 6.07) is 8.04. The van der Waals surface area contributed by atoms with Crippen molar-refractivity contribution in [1.29, 1.82) is 0 Å². The highest BCUT2D eigenvalue weighted by molar-refractivity contribution is 5.94. The molecule has 1 heterocycles. The van der Waals surface area contributed by atoms with Crippen molar-refractivity contribution in [2.75, 3.05) is 6.61 Å². The van der Waals surface area contributed by atoms with Crippen LogP contribution < -0.4 is 10.1 Å².